The van der Waals surface area contributed by atoms with E-state index in [2.05, 4.69) is 20.1 Å². The van der Waals surface area contributed by atoms with E-state index in [0.29, 0.717) is 33.6 Å². The smallest absolute Gasteiger partial charge is 0.406 e. The second-order valence-electron chi connectivity index (χ2n) is 9.60. The predicted molar refractivity (Wildman–Crippen MR) is 151 cm³/mol. The first-order chi connectivity index (χ1) is 21.7. The number of hydrogen-bond acceptors (Lipinski definition) is 10. The first-order valence-corrected chi connectivity index (χ1v) is 12.8. The predicted octanol–water partition coefficient (Wildman–Crippen LogP) is 7.06. The first kappa shape index (κ1) is 30.9. The maximum atomic E-state index is 12.9. The first-order valence-electron chi connectivity index (χ1n) is 12.8. The Kier molecular flexibility index (Phi) is 7.53. The van der Waals surface area contributed by atoms with Gasteiger partial charge >= 0.3 is 12.7 Å². The van der Waals surface area contributed by atoms with Crippen LogP contribution in [0.5, 0.6) is 11.5 Å². The molecule has 0 unspecified atom stereocenters. The maximum Gasteiger partial charge on any atom is 0.573 e. The Morgan fingerprint density at radius 3 is 1.15 bits per heavy atom. The summed E-state index contributed by atoms with van der Waals surface area (Å²) in [5.74, 6) is -0.915. The van der Waals surface area contributed by atoms with Gasteiger partial charge in [-0.3, -0.25) is 0 Å². The number of nitrogens with one attached hydrogen (secondary N) is 2. The fourth-order valence-electron chi connectivity index (χ4n) is 5.20. The molecule has 0 radical (unpaired) electrons. The SMILES string of the molecule is CN1C(=C(C#N)C#N)Nc2c(-c3ccc(OC(F)(F)F)cc3)c3c(c(-c4ccc(OC(F)(F)F)cc4)c21)NC(=C(C#N)C#N)N3C. The molecule has 3 aromatic carbocycles. The highest BCUT2D eigenvalue weighted by atomic mass is 19.4. The summed E-state index contributed by atoms with van der Waals surface area (Å²) in [4.78, 5) is 2.94. The summed E-state index contributed by atoms with van der Waals surface area (Å²) >= 11 is 0. The van der Waals surface area contributed by atoms with Gasteiger partial charge in [-0.2, -0.15) is 21.0 Å². The number of hydrogen-bond donors (Lipinski definition) is 2. The molecule has 0 atom stereocenters. The van der Waals surface area contributed by atoms with Crippen LogP contribution < -0.4 is 29.9 Å². The molecule has 3 aromatic rings. The number of ether oxygens (including phenoxy) is 2. The number of nitrogens with zero attached hydrogens (tertiary/aromatic N) is 6. The molecule has 2 aliphatic rings. The van der Waals surface area contributed by atoms with Gasteiger partial charge in [0.25, 0.3) is 0 Å². The van der Waals surface area contributed by atoms with Crippen molar-refractivity contribution in [2.24, 2.45) is 0 Å². The van der Waals surface area contributed by atoms with Crippen LogP contribution in [-0.4, -0.2) is 26.8 Å². The van der Waals surface area contributed by atoms with Gasteiger partial charge in [0.15, 0.2) is 11.1 Å². The molecule has 5 rings (SSSR count). The van der Waals surface area contributed by atoms with Gasteiger partial charge in [0.1, 0.15) is 47.4 Å². The standard InChI is InChI=1S/C30H16F6N8O2/c1-43-25-21(15-3-7-19(8-4-15)45-29(31,32)33)24-26(44(2)28(42-24)18(13-39)14-40)22(23(25)41-27(43)17(11-37)12-38)16-5-9-20(10-6-16)46-30(34,35)36/h3-10,41-42H,1-2H3. The molecule has 0 saturated carbocycles. The third kappa shape index (κ3) is 5.47. The van der Waals surface area contributed by atoms with Crippen molar-refractivity contribution in [3.05, 3.63) is 71.3 Å². The highest BCUT2D eigenvalue weighted by molar-refractivity contribution is 6.16. The number of fused-ring (bicyclic) bond motifs is 2. The molecule has 0 aromatic heterocycles. The van der Waals surface area contributed by atoms with E-state index < -0.39 is 24.2 Å². The van der Waals surface area contributed by atoms with Crippen molar-refractivity contribution < 1.29 is 35.8 Å². The number of nitriles is 4. The Labute approximate surface area is 256 Å². The third-order valence-corrected chi connectivity index (χ3v) is 6.95. The molecule has 0 aliphatic carbocycles. The molecule has 0 saturated heterocycles. The average molecular weight is 634 g/mol. The molecule has 0 bridgehead atoms. The van der Waals surface area contributed by atoms with Crippen LogP contribution in [0.3, 0.4) is 0 Å². The summed E-state index contributed by atoms with van der Waals surface area (Å²) in [6.45, 7) is 0. The minimum absolute atomic E-state index is 0.0494. The molecular weight excluding hydrogens is 618 g/mol. The van der Waals surface area contributed by atoms with Gasteiger partial charge < -0.3 is 29.9 Å². The van der Waals surface area contributed by atoms with Crippen molar-refractivity contribution in [2.75, 3.05) is 34.5 Å². The van der Waals surface area contributed by atoms with E-state index in [1.165, 1.54) is 48.2 Å². The zero-order chi connectivity index (χ0) is 33.6. The molecule has 10 nitrogen and oxygen atoms in total. The van der Waals surface area contributed by atoms with Crippen molar-refractivity contribution in [1.82, 2.24) is 0 Å². The molecular formula is C30H16F6N8O2. The van der Waals surface area contributed by atoms with Crippen LogP contribution in [-0.2, 0) is 0 Å². The lowest BCUT2D eigenvalue weighted by atomic mass is 9.92. The van der Waals surface area contributed by atoms with Gasteiger partial charge in [-0.1, -0.05) is 24.3 Å². The second kappa shape index (κ2) is 11.2. The lowest BCUT2D eigenvalue weighted by Crippen LogP contribution is -2.18. The largest absolute Gasteiger partial charge is 0.573 e. The molecule has 2 heterocycles. The lowest BCUT2D eigenvalue weighted by molar-refractivity contribution is -0.275. The van der Waals surface area contributed by atoms with Gasteiger partial charge in [-0.25, -0.2) is 0 Å². The van der Waals surface area contributed by atoms with E-state index in [-0.39, 0.29) is 34.2 Å². The van der Waals surface area contributed by atoms with Gasteiger partial charge in [0, 0.05) is 25.2 Å². The number of allylic oxidation sites excluding steroid dienone is 2. The molecule has 230 valence electrons. The summed E-state index contributed by atoms with van der Waals surface area (Å²) in [7, 11) is 3.05. The molecule has 0 fully saturated rings. The fourth-order valence-corrected chi connectivity index (χ4v) is 5.20. The minimum Gasteiger partial charge on any atom is -0.406 e. The monoisotopic (exact) mass is 634 g/mol. The summed E-state index contributed by atoms with van der Waals surface area (Å²) < 4.78 is 85.2. The normalized spacial score (nSPS) is 13.3. The van der Waals surface area contributed by atoms with Gasteiger partial charge in [0.05, 0.1) is 22.7 Å². The zero-order valence-electron chi connectivity index (χ0n) is 23.4. The fraction of sp³-hybridized carbons (Fsp3) is 0.133. The van der Waals surface area contributed by atoms with Crippen LogP contribution in [0.1, 0.15) is 0 Å². The van der Waals surface area contributed by atoms with Crippen LogP contribution >= 0.6 is 0 Å². The Hall–Kier alpha value is -6.52. The molecule has 46 heavy (non-hydrogen) atoms. The lowest BCUT2D eigenvalue weighted by Gasteiger charge is -2.23. The van der Waals surface area contributed by atoms with Crippen molar-refractivity contribution >= 4 is 22.7 Å². The Balaban J connectivity index is 1.86. The van der Waals surface area contributed by atoms with E-state index in [1.807, 2.05) is 0 Å². The van der Waals surface area contributed by atoms with E-state index in [1.54, 1.807) is 24.3 Å². The zero-order valence-corrected chi connectivity index (χ0v) is 23.4. The van der Waals surface area contributed by atoms with E-state index in [9.17, 15) is 47.4 Å². The molecule has 0 amide bonds. The summed E-state index contributed by atoms with van der Waals surface area (Å²) in [6, 6.07) is 16.9. The highest BCUT2D eigenvalue weighted by Gasteiger charge is 2.40. The number of rotatable bonds is 4. The van der Waals surface area contributed by atoms with Crippen LogP contribution in [0.4, 0.5) is 49.1 Å². The second-order valence-corrected chi connectivity index (χ2v) is 9.60. The summed E-state index contributed by atoms with van der Waals surface area (Å²) in [5.41, 5.74) is 1.79. The number of alkyl halides is 6. The number of benzene rings is 3. The number of anilines is 4. The van der Waals surface area contributed by atoms with E-state index >= 15 is 0 Å². The summed E-state index contributed by atoms with van der Waals surface area (Å²) in [5, 5.41) is 44.8. The van der Waals surface area contributed by atoms with Crippen LogP contribution in [0, 0.1) is 45.3 Å². The van der Waals surface area contributed by atoms with Crippen LogP contribution in [0.25, 0.3) is 22.3 Å². The Morgan fingerprint density at radius 1 is 0.587 bits per heavy atom. The van der Waals surface area contributed by atoms with Crippen molar-refractivity contribution in [3.63, 3.8) is 0 Å². The van der Waals surface area contributed by atoms with E-state index in [0.717, 1.165) is 24.3 Å². The van der Waals surface area contributed by atoms with E-state index in [4.69, 9.17) is 0 Å². The van der Waals surface area contributed by atoms with Crippen molar-refractivity contribution in [3.8, 4) is 58.0 Å². The minimum atomic E-state index is -4.95. The van der Waals surface area contributed by atoms with Crippen molar-refractivity contribution in [1.29, 1.82) is 21.0 Å². The van der Waals surface area contributed by atoms with Crippen molar-refractivity contribution in [2.45, 2.75) is 12.7 Å². The maximum absolute atomic E-state index is 12.9. The summed E-state index contributed by atoms with van der Waals surface area (Å²) in [6.07, 6.45) is -9.90. The molecule has 2 aliphatic heterocycles. The van der Waals surface area contributed by atoms with Crippen LogP contribution in [0.2, 0.25) is 0 Å². The Morgan fingerprint density at radius 2 is 0.891 bits per heavy atom. The van der Waals surface area contributed by atoms with Gasteiger partial charge in [-0.15, -0.1) is 26.3 Å². The van der Waals surface area contributed by atoms with Gasteiger partial charge in [-0.05, 0) is 35.4 Å². The topological polar surface area (TPSA) is 144 Å². The Bertz CT molecular complexity index is 1810. The quantitative estimate of drug-likeness (QED) is 0.226. The average Bonchev–Trinajstić information content (AvgIpc) is 3.50. The molecule has 2 N–H and O–H groups in total. The van der Waals surface area contributed by atoms with Crippen LogP contribution in [0.15, 0.2) is 71.3 Å². The molecule has 16 heteroatoms. The highest BCUT2D eigenvalue weighted by Crippen LogP contribution is 2.60. The molecule has 0 spiro atoms. The van der Waals surface area contributed by atoms with Gasteiger partial charge in [0.2, 0.25) is 0 Å². The third-order valence-electron chi connectivity index (χ3n) is 6.95. The number of halogens is 6.